The molecule has 0 radical (unpaired) electrons. The lowest BCUT2D eigenvalue weighted by molar-refractivity contribution is -0.119. The number of aromatic amines is 1. The van der Waals surface area contributed by atoms with Crippen molar-refractivity contribution < 1.29 is 4.79 Å². The lowest BCUT2D eigenvalue weighted by Gasteiger charge is -2.29. The highest BCUT2D eigenvalue weighted by Gasteiger charge is 2.22. The maximum Gasteiger partial charge on any atom is 0.273 e. The van der Waals surface area contributed by atoms with Crippen LogP contribution in [0.2, 0.25) is 5.02 Å². The number of hydrogen-bond acceptors (Lipinski definition) is 6. The minimum atomic E-state index is -0.238. The predicted octanol–water partition coefficient (Wildman–Crippen LogP) is 2.53. The standard InChI is InChI=1S/C20H22ClN7O2/c1-12(29)25-14-4-6-15(7-5-14)26-20-23-10-16(21)18(27-20)13-9-24-28(11-13)17-3-2-8-22-19(17)30/h2-3,8-11,14-15H,4-7H2,1H3,(H,22,30)(H,25,29)(H,23,26,27)/t14-,15-. The van der Waals surface area contributed by atoms with Gasteiger partial charge in [0.05, 0.1) is 23.1 Å². The monoisotopic (exact) mass is 427 g/mol. The molecule has 9 nitrogen and oxygen atoms in total. The summed E-state index contributed by atoms with van der Waals surface area (Å²) in [5, 5.41) is 11.0. The molecule has 0 atom stereocenters. The van der Waals surface area contributed by atoms with Crippen LogP contribution in [0.4, 0.5) is 5.95 Å². The van der Waals surface area contributed by atoms with Crippen LogP contribution in [-0.2, 0) is 4.79 Å². The van der Waals surface area contributed by atoms with Gasteiger partial charge in [0.1, 0.15) is 5.69 Å². The highest BCUT2D eigenvalue weighted by molar-refractivity contribution is 6.32. The van der Waals surface area contributed by atoms with E-state index in [-0.39, 0.29) is 23.6 Å². The van der Waals surface area contributed by atoms with Crippen LogP contribution in [0, 0.1) is 0 Å². The molecule has 3 aromatic rings. The number of amides is 1. The van der Waals surface area contributed by atoms with E-state index in [1.54, 1.807) is 43.8 Å². The van der Waals surface area contributed by atoms with Gasteiger partial charge in [0.2, 0.25) is 11.9 Å². The Labute approximate surface area is 177 Å². The quantitative estimate of drug-likeness (QED) is 0.576. The molecule has 156 valence electrons. The summed E-state index contributed by atoms with van der Waals surface area (Å²) in [6.45, 7) is 1.55. The Bertz CT molecular complexity index is 1100. The molecule has 0 bridgehead atoms. The third-order valence-electron chi connectivity index (χ3n) is 5.11. The molecule has 0 aromatic carbocycles. The molecule has 1 aliphatic carbocycles. The number of rotatable bonds is 5. The van der Waals surface area contributed by atoms with E-state index >= 15 is 0 Å². The normalized spacial score (nSPS) is 18.7. The summed E-state index contributed by atoms with van der Waals surface area (Å²) in [4.78, 5) is 34.7. The zero-order valence-corrected chi connectivity index (χ0v) is 17.2. The van der Waals surface area contributed by atoms with Crippen LogP contribution in [0.1, 0.15) is 32.6 Å². The number of carbonyl (C=O) groups is 1. The second-order valence-corrected chi connectivity index (χ2v) is 7.75. The molecule has 30 heavy (non-hydrogen) atoms. The Morgan fingerprint density at radius 2 is 2.00 bits per heavy atom. The van der Waals surface area contributed by atoms with E-state index in [4.69, 9.17) is 11.6 Å². The third-order valence-corrected chi connectivity index (χ3v) is 5.39. The van der Waals surface area contributed by atoms with Crippen molar-refractivity contribution in [3.63, 3.8) is 0 Å². The van der Waals surface area contributed by atoms with Crippen molar-refractivity contribution in [1.29, 1.82) is 0 Å². The molecule has 1 aliphatic rings. The summed E-state index contributed by atoms with van der Waals surface area (Å²) in [5.74, 6) is 0.498. The van der Waals surface area contributed by atoms with Gasteiger partial charge in [-0.05, 0) is 37.8 Å². The average Bonchev–Trinajstić information content (AvgIpc) is 3.20. The van der Waals surface area contributed by atoms with Gasteiger partial charge in [0, 0.05) is 37.0 Å². The number of pyridine rings is 1. The summed E-state index contributed by atoms with van der Waals surface area (Å²) in [6.07, 6.45) is 10.1. The molecule has 1 saturated carbocycles. The molecule has 4 rings (SSSR count). The first-order chi connectivity index (χ1) is 14.5. The molecular weight excluding hydrogens is 406 g/mol. The molecule has 3 aromatic heterocycles. The van der Waals surface area contributed by atoms with Crippen LogP contribution in [-0.4, -0.2) is 42.7 Å². The van der Waals surface area contributed by atoms with Crippen molar-refractivity contribution in [2.75, 3.05) is 5.32 Å². The Hall–Kier alpha value is -3.20. The maximum atomic E-state index is 12.0. The SMILES string of the molecule is CC(=O)N[C@H]1CC[C@H](Nc2ncc(Cl)c(-c3cnn(-c4ccc[nH]c4=O)c3)n2)CC1. The van der Waals surface area contributed by atoms with E-state index in [0.29, 0.717) is 27.9 Å². The van der Waals surface area contributed by atoms with E-state index in [1.165, 1.54) is 4.68 Å². The third kappa shape index (κ3) is 4.51. The van der Waals surface area contributed by atoms with E-state index < -0.39 is 0 Å². The van der Waals surface area contributed by atoms with Gasteiger partial charge >= 0.3 is 0 Å². The molecule has 3 N–H and O–H groups in total. The lowest BCUT2D eigenvalue weighted by Crippen LogP contribution is -2.39. The van der Waals surface area contributed by atoms with Gasteiger partial charge in [-0.25, -0.2) is 14.6 Å². The van der Waals surface area contributed by atoms with Crippen molar-refractivity contribution in [1.82, 2.24) is 30.0 Å². The zero-order chi connectivity index (χ0) is 21.1. The van der Waals surface area contributed by atoms with E-state index in [9.17, 15) is 9.59 Å². The highest BCUT2D eigenvalue weighted by Crippen LogP contribution is 2.27. The molecular formula is C20H22ClN7O2. The Morgan fingerprint density at radius 1 is 1.23 bits per heavy atom. The van der Waals surface area contributed by atoms with Crippen molar-refractivity contribution in [3.8, 4) is 16.9 Å². The van der Waals surface area contributed by atoms with E-state index in [2.05, 4.69) is 30.7 Å². The molecule has 0 aliphatic heterocycles. The Morgan fingerprint density at radius 3 is 2.73 bits per heavy atom. The van der Waals surface area contributed by atoms with Crippen molar-refractivity contribution in [2.45, 2.75) is 44.7 Å². The number of aromatic nitrogens is 5. The summed E-state index contributed by atoms with van der Waals surface area (Å²) >= 11 is 6.33. The van der Waals surface area contributed by atoms with Crippen molar-refractivity contribution >= 4 is 23.5 Å². The molecule has 1 amide bonds. The van der Waals surface area contributed by atoms with Crippen molar-refractivity contribution in [3.05, 3.63) is 52.3 Å². The van der Waals surface area contributed by atoms with Crippen LogP contribution in [0.5, 0.6) is 0 Å². The number of hydrogen-bond donors (Lipinski definition) is 3. The topological polar surface area (TPSA) is 118 Å². The van der Waals surface area contributed by atoms with Gasteiger partial charge in [0.25, 0.3) is 5.56 Å². The van der Waals surface area contributed by atoms with Crippen molar-refractivity contribution in [2.24, 2.45) is 0 Å². The van der Waals surface area contributed by atoms with Gasteiger partial charge < -0.3 is 15.6 Å². The number of nitrogens with zero attached hydrogens (tertiary/aromatic N) is 4. The van der Waals surface area contributed by atoms with Gasteiger partial charge in [-0.3, -0.25) is 9.59 Å². The van der Waals surface area contributed by atoms with Gasteiger partial charge in [-0.2, -0.15) is 5.10 Å². The number of carbonyl (C=O) groups excluding carboxylic acids is 1. The summed E-state index contributed by atoms with van der Waals surface area (Å²) < 4.78 is 1.49. The van der Waals surface area contributed by atoms with E-state index in [0.717, 1.165) is 25.7 Å². The minimum absolute atomic E-state index is 0.00938. The largest absolute Gasteiger partial charge is 0.354 e. The van der Waals surface area contributed by atoms with Crippen LogP contribution >= 0.6 is 11.6 Å². The first-order valence-electron chi connectivity index (χ1n) is 9.79. The maximum absolute atomic E-state index is 12.0. The molecule has 10 heteroatoms. The van der Waals surface area contributed by atoms with Gasteiger partial charge in [0.15, 0.2) is 0 Å². The fourth-order valence-corrected chi connectivity index (χ4v) is 3.86. The zero-order valence-electron chi connectivity index (χ0n) is 16.4. The number of anilines is 1. The van der Waals surface area contributed by atoms with E-state index in [1.807, 2.05) is 0 Å². The molecule has 0 unspecified atom stereocenters. The summed E-state index contributed by atoms with van der Waals surface area (Å²) in [7, 11) is 0. The minimum Gasteiger partial charge on any atom is -0.354 e. The van der Waals surface area contributed by atoms with Crippen LogP contribution < -0.4 is 16.2 Å². The smallest absolute Gasteiger partial charge is 0.273 e. The van der Waals surface area contributed by atoms with Crippen LogP contribution in [0.25, 0.3) is 16.9 Å². The second-order valence-electron chi connectivity index (χ2n) is 7.34. The summed E-state index contributed by atoms with van der Waals surface area (Å²) in [6, 6.07) is 3.88. The number of halogens is 1. The number of H-pyrrole nitrogens is 1. The molecule has 1 fully saturated rings. The average molecular weight is 428 g/mol. The fraction of sp³-hybridized carbons (Fsp3) is 0.350. The molecule has 3 heterocycles. The molecule has 0 spiro atoms. The first-order valence-corrected chi connectivity index (χ1v) is 10.2. The predicted molar refractivity (Wildman–Crippen MR) is 114 cm³/mol. The summed E-state index contributed by atoms with van der Waals surface area (Å²) in [5.41, 5.74) is 1.39. The van der Waals surface area contributed by atoms with Gasteiger partial charge in [-0.1, -0.05) is 11.6 Å². The fourth-order valence-electron chi connectivity index (χ4n) is 3.66. The number of nitrogens with one attached hydrogen (secondary N) is 3. The van der Waals surface area contributed by atoms with Gasteiger partial charge in [-0.15, -0.1) is 0 Å². The second kappa shape index (κ2) is 8.66. The Balaban J connectivity index is 1.49. The highest BCUT2D eigenvalue weighted by atomic mass is 35.5. The first kappa shape index (κ1) is 20.1. The Kier molecular flexibility index (Phi) is 5.80. The van der Waals surface area contributed by atoms with Crippen LogP contribution in [0.3, 0.4) is 0 Å². The molecule has 0 saturated heterocycles. The lowest BCUT2D eigenvalue weighted by atomic mass is 9.91. The van der Waals surface area contributed by atoms with Crippen LogP contribution in [0.15, 0.2) is 41.7 Å².